The van der Waals surface area contributed by atoms with Gasteiger partial charge in [-0.2, -0.15) is 0 Å². The minimum Gasteiger partial charge on any atom is -0.315 e. The third-order valence-electron chi connectivity index (χ3n) is 6.13. The SMILES string of the molecule is C1CNCCN2CCCNCCN(C1)CCC2.CN(Cc1ccccn1)Cc1ccccn1.[64Cu]. The van der Waals surface area contributed by atoms with Crippen molar-refractivity contribution in [3.63, 3.8) is 0 Å². The first-order chi connectivity index (χ1) is 16.3. The van der Waals surface area contributed by atoms with Crippen molar-refractivity contribution in [1.82, 2.24) is 35.3 Å². The van der Waals surface area contributed by atoms with E-state index in [1.165, 1.54) is 71.6 Å². The predicted octanol–water partition coefficient (Wildman–Crippen LogP) is 2.07. The molecule has 34 heavy (non-hydrogen) atoms. The largest absolute Gasteiger partial charge is 0.315 e. The van der Waals surface area contributed by atoms with Gasteiger partial charge < -0.3 is 20.4 Å². The molecule has 4 heterocycles. The molecular weight excluding hydrogens is 474 g/mol. The van der Waals surface area contributed by atoms with E-state index in [1.54, 1.807) is 0 Å². The molecule has 0 saturated carbocycles. The first kappa shape index (κ1) is 28.9. The van der Waals surface area contributed by atoms with Crippen LogP contribution in [0, 0.1) is 0 Å². The quantitative estimate of drug-likeness (QED) is 0.603. The summed E-state index contributed by atoms with van der Waals surface area (Å²) in [6, 6.07) is 12.0. The van der Waals surface area contributed by atoms with E-state index in [1.807, 2.05) is 48.8 Å². The molecule has 8 heteroatoms. The topological polar surface area (TPSA) is 59.6 Å². The van der Waals surface area contributed by atoms with E-state index in [4.69, 9.17) is 0 Å². The van der Waals surface area contributed by atoms with Crippen molar-refractivity contribution in [3.05, 3.63) is 60.2 Å². The van der Waals surface area contributed by atoms with E-state index < -0.39 is 0 Å². The molecule has 4 rings (SSSR count). The van der Waals surface area contributed by atoms with Gasteiger partial charge in [0.1, 0.15) is 0 Å². The van der Waals surface area contributed by atoms with E-state index in [0.29, 0.717) is 0 Å². The van der Waals surface area contributed by atoms with Gasteiger partial charge in [0, 0.05) is 68.7 Å². The normalized spacial score (nSPS) is 21.9. The van der Waals surface area contributed by atoms with Crippen LogP contribution in [-0.4, -0.2) is 97.2 Å². The van der Waals surface area contributed by atoms with E-state index >= 15 is 0 Å². The minimum absolute atomic E-state index is 0. The molecule has 193 valence electrons. The van der Waals surface area contributed by atoms with E-state index in [2.05, 4.69) is 42.3 Å². The number of nitrogens with zero attached hydrogens (tertiary/aromatic N) is 5. The average Bonchev–Trinajstić information content (AvgIpc) is 2.92. The minimum atomic E-state index is 0. The summed E-state index contributed by atoms with van der Waals surface area (Å²) >= 11 is 0. The van der Waals surface area contributed by atoms with Crippen LogP contribution in [0.15, 0.2) is 48.8 Å². The molecule has 2 bridgehead atoms. The fourth-order valence-electron chi connectivity index (χ4n) is 4.36. The van der Waals surface area contributed by atoms with Crippen LogP contribution < -0.4 is 10.6 Å². The predicted molar refractivity (Wildman–Crippen MR) is 136 cm³/mol. The van der Waals surface area contributed by atoms with Gasteiger partial charge in [-0.3, -0.25) is 14.9 Å². The second-order valence-corrected chi connectivity index (χ2v) is 9.06. The van der Waals surface area contributed by atoms with Gasteiger partial charge in [0.25, 0.3) is 0 Å². The molecule has 2 fully saturated rings. The average molecular weight is 518 g/mol. The van der Waals surface area contributed by atoms with Gasteiger partial charge in [0.05, 0.1) is 11.4 Å². The van der Waals surface area contributed by atoms with E-state index in [0.717, 1.165) is 37.6 Å². The number of rotatable bonds is 4. The van der Waals surface area contributed by atoms with Gasteiger partial charge in [-0.1, -0.05) is 12.1 Å². The third kappa shape index (κ3) is 12.4. The van der Waals surface area contributed by atoms with E-state index in [9.17, 15) is 0 Å². The number of hydrogen-bond donors (Lipinski definition) is 2. The van der Waals surface area contributed by atoms with Crippen LogP contribution in [0.4, 0.5) is 0 Å². The molecule has 2 aliphatic rings. The summed E-state index contributed by atoms with van der Waals surface area (Å²) in [6.45, 7) is 13.9. The molecule has 0 aromatic carbocycles. The maximum atomic E-state index is 4.30. The van der Waals surface area contributed by atoms with Crippen molar-refractivity contribution in [2.24, 2.45) is 0 Å². The summed E-state index contributed by atoms with van der Waals surface area (Å²) < 4.78 is 0. The molecule has 2 atom stereocenters. The molecule has 2 aromatic rings. The Hall–Kier alpha value is -1.38. The zero-order valence-electron chi connectivity index (χ0n) is 20.8. The molecule has 2 aromatic heterocycles. The number of pyridine rings is 2. The molecule has 2 unspecified atom stereocenters. The van der Waals surface area contributed by atoms with Crippen molar-refractivity contribution in [3.8, 4) is 0 Å². The Morgan fingerprint density at radius 3 is 1.59 bits per heavy atom. The smallest absolute Gasteiger partial charge is 0.0543 e. The fraction of sp³-hybridized carbons (Fsp3) is 0.615. The Morgan fingerprint density at radius 1 is 0.676 bits per heavy atom. The number of hydrogen-bond acceptors (Lipinski definition) is 7. The first-order valence-electron chi connectivity index (χ1n) is 12.6. The van der Waals surface area contributed by atoms with Crippen LogP contribution in [0.5, 0.6) is 0 Å². The third-order valence-corrected chi connectivity index (χ3v) is 6.13. The summed E-state index contributed by atoms with van der Waals surface area (Å²) in [7, 11) is 2.07. The number of aromatic nitrogens is 2. The summed E-state index contributed by atoms with van der Waals surface area (Å²) in [5, 5.41) is 7.14. The monoisotopic (exact) mass is 517 g/mol. The van der Waals surface area contributed by atoms with E-state index in [-0.39, 0.29) is 17.1 Å². The van der Waals surface area contributed by atoms with Gasteiger partial charge >= 0.3 is 0 Å². The molecule has 0 amide bonds. The molecule has 1 radical (unpaired) electrons. The van der Waals surface area contributed by atoms with Crippen LogP contribution in [0.2, 0.25) is 0 Å². The fourth-order valence-corrected chi connectivity index (χ4v) is 4.36. The summed E-state index contributed by atoms with van der Waals surface area (Å²) in [5.41, 5.74) is 2.17. The van der Waals surface area contributed by atoms with Gasteiger partial charge in [-0.25, -0.2) is 0 Å². The second-order valence-electron chi connectivity index (χ2n) is 9.06. The molecule has 2 saturated heterocycles. The summed E-state index contributed by atoms with van der Waals surface area (Å²) in [6.07, 6.45) is 7.56. The van der Waals surface area contributed by atoms with Gasteiger partial charge in [-0.15, -0.1) is 0 Å². The van der Waals surface area contributed by atoms with Crippen LogP contribution in [0.1, 0.15) is 30.7 Å². The molecule has 2 aliphatic heterocycles. The van der Waals surface area contributed by atoms with Crippen molar-refractivity contribution in [2.75, 3.05) is 72.5 Å². The summed E-state index contributed by atoms with van der Waals surface area (Å²) in [5.74, 6) is 0. The molecule has 7 nitrogen and oxygen atoms in total. The molecule has 0 spiro atoms. The number of fused-ring (bicyclic) bond motifs is 4. The van der Waals surface area contributed by atoms with Crippen LogP contribution in [0.3, 0.4) is 0 Å². The Bertz CT molecular complexity index is 657. The van der Waals surface area contributed by atoms with Crippen LogP contribution >= 0.6 is 0 Å². The van der Waals surface area contributed by atoms with Gasteiger partial charge in [-0.05, 0) is 89.8 Å². The van der Waals surface area contributed by atoms with Crippen molar-refractivity contribution < 1.29 is 17.1 Å². The Labute approximate surface area is 217 Å². The maximum Gasteiger partial charge on any atom is 0.0543 e. The van der Waals surface area contributed by atoms with Crippen LogP contribution in [-0.2, 0) is 30.2 Å². The Balaban J connectivity index is 0.000000234. The Morgan fingerprint density at radius 2 is 1.15 bits per heavy atom. The van der Waals surface area contributed by atoms with Crippen LogP contribution in [0.25, 0.3) is 0 Å². The van der Waals surface area contributed by atoms with Gasteiger partial charge in [0.2, 0.25) is 0 Å². The number of nitrogens with one attached hydrogen (secondary N) is 2. The summed E-state index contributed by atoms with van der Waals surface area (Å²) in [4.78, 5) is 16.1. The molecule has 0 aliphatic carbocycles. The second kappa shape index (κ2) is 18.0. The molecular formula is C26H43CuN7. The molecule has 2 N–H and O–H groups in total. The zero-order valence-corrected chi connectivity index (χ0v) is 21.7. The van der Waals surface area contributed by atoms with Crippen molar-refractivity contribution in [2.45, 2.75) is 32.4 Å². The zero-order chi connectivity index (χ0) is 23.0. The first-order valence-corrected chi connectivity index (χ1v) is 12.6. The standard InChI is InChI=1S/C13H28N4.C13H15N3.Cu/c1-4-14-6-13-17-9-2-5-15-7-12-16(8-1)10-3-11-17;1-16(10-12-6-2-4-8-14-12)11-13-7-3-5-9-15-13;/h14-15H,1-13H2;2-9H,10-11H2,1H3;/i;;1+0. The Kier molecular flexibility index (Phi) is 15.2. The van der Waals surface area contributed by atoms with Crippen molar-refractivity contribution in [1.29, 1.82) is 0 Å². The maximum absolute atomic E-state index is 4.30. The van der Waals surface area contributed by atoms with Crippen molar-refractivity contribution >= 4 is 0 Å². The van der Waals surface area contributed by atoms with Gasteiger partial charge in [0.15, 0.2) is 0 Å².